The van der Waals surface area contributed by atoms with Gasteiger partial charge in [-0.25, -0.2) is 0 Å². The van der Waals surface area contributed by atoms with Crippen molar-refractivity contribution < 1.29 is 14.6 Å². The molecule has 0 radical (unpaired) electrons. The molecule has 2 aliphatic rings. The van der Waals surface area contributed by atoms with Crippen LogP contribution in [0.3, 0.4) is 0 Å². The van der Waals surface area contributed by atoms with Crippen LogP contribution in [0.1, 0.15) is 58.3 Å². The zero-order valence-corrected chi connectivity index (χ0v) is 12.8. The van der Waals surface area contributed by atoms with E-state index in [1.807, 2.05) is 0 Å². The van der Waals surface area contributed by atoms with Crippen LogP contribution in [0, 0.1) is 5.41 Å². The van der Waals surface area contributed by atoms with E-state index >= 15 is 0 Å². The Kier molecular flexibility index (Phi) is 5.85. The Bertz CT molecular complexity index is 305. The Morgan fingerprint density at radius 2 is 1.95 bits per heavy atom. The molecule has 116 valence electrons. The van der Waals surface area contributed by atoms with Gasteiger partial charge in [-0.1, -0.05) is 32.6 Å². The summed E-state index contributed by atoms with van der Waals surface area (Å²) in [4.78, 5) is 14.2. The first-order valence-corrected chi connectivity index (χ1v) is 8.24. The minimum Gasteiger partial charge on any atom is -0.481 e. The van der Waals surface area contributed by atoms with E-state index in [1.165, 1.54) is 12.8 Å². The van der Waals surface area contributed by atoms with Gasteiger partial charge in [0, 0.05) is 19.7 Å². The summed E-state index contributed by atoms with van der Waals surface area (Å²) in [5, 5.41) is 9.76. The van der Waals surface area contributed by atoms with Crippen molar-refractivity contribution in [3.05, 3.63) is 0 Å². The monoisotopic (exact) mass is 283 g/mol. The SMILES string of the molecule is CCN(CC1CCCO1)CC1(C(=O)O)CCCCCC1. The predicted octanol–water partition coefficient (Wildman–Crippen LogP) is 2.91. The van der Waals surface area contributed by atoms with Gasteiger partial charge in [-0.05, 0) is 32.2 Å². The van der Waals surface area contributed by atoms with E-state index in [0.717, 1.165) is 58.2 Å². The second kappa shape index (κ2) is 7.41. The van der Waals surface area contributed by atoms with Crippen molar-refractivity contribution in [2.75, 3.05) is 26.2 Å². The van der Waals surface area contributed by atoms with Crippen LogP contribution in [0.5, 0.6) is 0 Å². The molecule has 4 heteroatoms. The quantitative estimate of drug-likeness (QED) is 0.762. The molecular weight excluding hydrogens is 254 g/mol. The molecule has 1 saturated carbocycles. The lowest BCUT2D eigenvalue weighted by Gasteiger charge is -2.35. The highest BCUT2D eigenvalue weighted by atomic mass is 16.5. The summed E-state index contributed by atoms with van der Waals surface area (Å²) in [6, 6.07) is 0. The second-order valence-corrected chi connectivity index (χ2v) is 6.46. The standard InChI is InChI=1S/C16H29NO3/c1-2-17(12-14-8-7-11-20-14)13-16(15(18)19)9-5-3-4-6-10-16/h14H,2-13H2,1H3,(H,18,19). The molecule has 20 heavy (non-hydrogen) atoms. The molecule has 0 aromatic heterocycles. The number of carboxylic acids is 1. The molecule has 0 aromatic rings. The Hall–Kier alpha value is -0.610. The largest absolute Gasteiger partial charge is 0.481 e. The summed E-state index contributed by atoms with van der Waals surface area (Å²) < 4.78 is 5.70. The summed E-state index contributed by atoms with van der Waals surface area (Å²) in [7, 11) is 0. The zero-order valence-electron chi connectivity index (χ0n) is 12.8. The lowest BCUT2D eigenvalue weighted by atomic mass is 9.79. The van der Waals surface area contributed by atoms with Crippen molar-refractivity contribution in [2.24, 2.45) is 5.41 Å². The van der Waals surface area contributed by atoms with Crippen LogP contribution in [0.4, 0.5) is 0 Å². The number of aliphatic carboxylic acids is 1. The summed E-state index contributed by atoms with van der Waals surface area (Å²) >= 11 is 0. The first-order valence-electron chi connectivity index (χ1n) is 8.24. The molecule has 1 N–H and O–H groups in total. The van der Waals surface area contributed by atoms with Crippen molar-refractivity contribution in [3.63, 3.8) is 0 Å². The molecule has 1 heterocycles. The minimum atomic E-state index is -0.592. The number of rotatable bonds is 6. The molecule has 2 rings (SSSR count). The van der Waals surface area contributed by atoms with Crippen LogP contribution >= 0.6 is 0 Å². The predicted molar refractivity (Wildman–Crippen MR) is 78.9 cm³/mol. The highest BCUT2D eigenvalue weighted by Crippen LogP contribution is 2.36. The Morgan fingerprint density at radius 3 is 2.45 bits per heavy atom. The Morgan fingerprint density at radius 1 is 1.25 bits per heavy atom. The number of ether oxygens (including phenoxy) is 1. The molecule has 1 unspecified atom stereocenters. The second-order valence-electron chi connectivity index (χ2n) is 6.46. The van der Waals surface area contributed by atoms with Crippen LogP contribution in [0.25, 0.3) is 0 Å². The lowest BCUT2D eigenvalue weighted by molar-refractivity contribution is -0.151. The number of nitrogens with zero attached hydrogens (tertiary/aromatic N) is 1. The van der Waals surface area contributed by atoms with Crippen molar-refractivity contribution in [1.82, 2.24) is 4.90 Å². The van der Waals surface area contributed by atoms with Gasteiger partial charge in [-0.15, -0.1) is 0 Å². The third kappa shape index (κ3) is 3.95. The van der Waals surface area contributed by atoms with Gasteiger partial charge >= 0.3 is 5.97 Å². The molecular formula is C16H29NO3. The van der Waals surface area contributed by atoms with E-state index in [9.17, 15) is 9.90 Å². The maximum absolute atomic E-state index is 11.9. The average Bonchev–Trinajstić information content (AvgIpc) is 2.82. The lowest BCUT2D eigenvalue weighted by Crippen LogP contribution is -2.45. The van der Waals surface area contributed by atoms with E-state index in [-0.39, 0.29) is 0 Å². The van der Waals surface area contributed by atoms with Crippen molar-refractivity contribution in [2.45, 2.75) is 64.4 Å². The molecule has 0 bridgehead atoms. The Balaban J connectivity index is 1.98. The topological polar surface area (TPSA) is 49.8 Å². The van der Waals surface area contributed by atoms with Crippen LogP contribution < -0.4 is 0 Å². The smallest absolute Gasteiger partial charge is 0.310 e. The molecule has 0 spiro atoms. The van der Waals surface area contributed by atoms with Gasteiger partial charge in [0.25, 0.3) is 0 Å². The molecule has 1 atom stereocenters. The Labute approximate surface area is 122 Å². The van der Waals surface area contributed by atoms with Gasteiger partial charge in [0.05, 0.1) is 11.5 Å². The highest BCUT2D eigenvalue weighted by Gasteiger charge is 2.40. The fourth-order valence-electron chi connectivity index (χ4n) is 3.65. The van der Waals surface area contributed by atoms with E-state index < -0.39 is 11.4 Å². The van der Waals surface area contributed by atoms with Crippen LogP contribution in [-0.4, -0.2) is 48.3 Å². The van der Waals surface area contributed by atoms with Gasteiger partial charge in [-0.2, -0.15) is 0 Å². The van der Waals surface area contributed by atoms with Crippen LogP contribution in [0.15, 0.2) is 0 Å². The first kappa shape index (κ1) is 15.8. The molecule has 1 saturated heterocycles. The molecule has 1 aliphatic carbocycles. The number of hydrogen-bond acceptors (Lipinski definition) is 3. The van der Waals surface area contributed by atoms with Gasteiger partial charge in [-0.3, -0.25) is 9.69 Å². The maximum atomic E-state index is 11.9. The van der Waals surface area contributed by atoms with Crippen molar-refractivity contribution in [3.8, 4) is 0 Å². The number of likely N-dealkylation sites (N-methyl/N-ethyl adjacent to an activating group) is 1. The molecule has 4 nitrogen and oxygen atoms in total. The molecule has 0 amide bonds. The fourth-order valence-corrected chi connectivity index (χ4v) is 3.65. The molecule has 2 fully saturated rings. The van der Waals surface area contributed by atoms with E-state index in [1.54, 1.807) is 0 Å². The molecule has 0 aromatic carbocycles. The summed E-state index contributed by atoms with van der Waals surface area (Å²) in [6.45, 7) is 5.49. The van der Waals surface area contributed by atoms with Crippen LogP contribution in [-0.2, 0) is 9.53 Å². The first-order chi connectivity index (χ1) is 9.66. The van der Waals surface area contributed by atoms with Gasteiger partial charge in [0.15, 0.2) is 0 Å². The average molecular weight is 283 g/mol. The van der Waals surface area contributed by atoms with Gasteiger partial charge in [0.1, 0.15) is 0 Å². The highest BCUT2D eigenvalue weighted by molar-refractivity contribution is 5.75. The van der Waals surface area contributed by atoms with E-state index in [4.69, 9.17) is 4.74 Å². The van der Waals surface area contributed by atoms with Crippen molar-refractivity contribution >= 4 is 5.97 Å². The molecule has 1 aliphatic heterocycles. The van der Waals surface area contributed by atoms with Crippen molar-refractivity contribution in [1.29, 1.82) is 0 Å². The minimum absolute atomic E-state index is 0.312. The number of carbonyl (C=O) groups is 1. The summed E-state index contributed by atoms with van der Waals surface area (Å²) in [5.74, 6) is -0.592. The van der Waals surface area contributed by atoms with Gasteiger partial charge in [0.2, 0.25) is 0 Å². The zero-order chi connectivity index (χ0) is 14.4. The van der Waals surface area contributed by atoms with E-state index in [0.29, 0.717) is 12.6 Å². The van der Waals surface area contributed by atoms with Crippen LogP contribution in [0.2, 0.25) is 0 Å². The number of carboxylic acid groups (broad SMARTS) is 1. The maximum Gasteiger partial charge on any atom is 0.310 e. The third-order valence-corrected chi connectivity index (χ3v) is 4.97. The van der Waals surface area contributed by atoms with Gasteiger partial charge < -0.3 is 9.84 Å². The fraction of sp³-hybridized carbons (Fsp3) is 0.938. The summed E-state index contributed by atoms with van der Waals surface area (Å²) in [5.41, 5.74) is -0.523. The number of hydrogen-bond donors (Lipinski definition) is 1. The normalized spacial score (nSPS) is 26.6. The third-order valence-electron chi connectivity index (χ3n) is 4.97. The van der Waals surface area contributed by atoms with E-state index in [2.05, 4.69) is 11.8 Å². The summed E-state index contributed by atoms with van der Waals surface area (Å²) in [6.07, 6.45) is 8.75.